The molecule has 0 saturated heterocycles. The maximum absolute atomic E-state index is 13.4. The third-order valence-corrected chi connectivity index (χ3v) is 2.43. The van der Waals surface area contributed by atoms with Crippen LogP contribution in [0.15, 0.2) is 6.33 Å². The molecule has 2 rings (SSSR count). The quantitative estimate of drug-likeness (QED) is 0.728. The van der Waals surface area contributed by atoms with E-state index in [1.807, 2.05) is 19.9 Å². The van der Waals surface area contributed by atoms with Gasteiger partial charge in [0, 0.05) is 11.6 Å². The number of hydrogen-bond donors (Lipinski definition) is 0. The van der Waals surface area contributed by atoms with Crippen LogP contribution in [0, 0.1) is 0 Å². The molecule has 0 unspecified atom stereocenters. The van der Waals surface area contributed by atoms with E-state index in [2.05, 4.69) is 23.8 Å². The first kappa shape index (κ1) is 12.8. The molecule has 0 aromatic carbocycles. The predicted molar refractivity (Wildman–Crippen MR) is 64.9 cm³/mol. The molecule has 0 fully saturated rings. The molecule has 0 saturated carbocycles. The zero-order valence-corrected chi connectivity index (χ0v) is 10.4. The molecule has 1 aliphatic rings. The van der Waals surface area contributed by atoms with Crippen molar-refractivity contribution in [3.05, 3.63) is 22.6 Å². The van der Waals surface area contributed by atoms with E-state index in [-0.39, 0.29) is 5.83 Å². The topological polar surface area (TPSA) is 25.8 Å². The normalized spacial score (nSPS) is 13.8. The van der Waals surface area contributed by atoms with Crippen LogP contribution in [-0.2, 0) is 0 Å². The van der Waals surface area contributed by atoms with Crippen molar-refractivity contribution in [3.63, 3.8) is 0 Å². The summed E-state index contributed by atoms with van der Waals surface area (Å²) in [5, 5.41) is 1.39. The number of fused-ring (bicyclic) bond motifs is 1. The first-order valence-corrected chi connectivity index (χ1v) is 5.90. The van der Waals surface area contributed by atoms with Crippen molar-refractivity contribution in [1.82, 2.24) is 9.97 Å². The van der Waals surface area contributed by atoms with Gasteiger partial charge in [0.15, 0.2) is 0 Å². The van der Waals surface area contributed by atoms with Crippen molar-refractivity contribution in [2.45, 2.75) is 46.5 Å². The number of halogens is 1. The van der Waals surface area contributed by atoms with Gasteiger partial charge in [-0.15, -0.1) is 0 Å². The molecule has 16 heavy (non-hydrogen) atoms. The summed E-state index contributed by atoms with van der Waals surface area (Å²) in [6.45, 7) is 8.12. The Morgan fingerprint density at radius 1 is 1.25 bits per heavy atom. The molecule has 1 heterocycles. The summed E-state index contributed by atoms with van der Waals surface area (Å²) in [4.78, 5) is 8.19. The van der Waals surface area contributed by atoms with Crippen molar-refractivity contribution in [2.24, 2.45) is 0 Å². The molecule has 2 nitrogen and oxygen atoms in total. The van der Waals surface area contributed by atoms with E-state index in [0.717, 1.165) is 17.3 Å². The maximum Gasteiger partial charge on any atom is 0.127 e. The lowest BCUT2D eigenvalue weighted by atomic mass is 10.0. The molecule has 0 radical (unpaired) electrons. The van der Waals surface area contributed by atoms with Crippen molar-refractivity contribution in [3.8, 4) is 0 Å². The van der Waals surface area contributed by atoms with Gasteiger partial charge in [0.1, 0.15) is 17.5 Å². The van der Waals surface area contributed by atoms with Gasteiger partial charge in [-0.05, 0) is 12.3 Å². The van der Waals surface area contributed by atoms with Crippen LogP contribution in [0.4, 0.5) is 4.39 Å². The minimum Gasteiger partial charge on any atom is -0.240 e. The molecule has 0 atom stereocenters. The number of rotatable bonds is 1. The van der Waals surface area contributed by atoms with Gasteiger partial charge in [-0.25, -0.2) is 14.4 Å². The second kappa shape index (κ2) is 5.73. The van der Waals surface area contributed by atoms with Gasteiger partial charge < -0.3 is 0 Å². The van der Waals surface area contributed by atoms with E-state index in [0.29, 0.717) is 17.7 Å². The summed E-state index contributed by atoms with van der Waals surface area (Å²) < 4.78 is 13.4. The monoisotopic (exact) mass is 222 g/mol. The lowest BCUT2D eigenvalue weighted by molar-refractivity contribution is 0.682. The van der Waals surface area contributed by atoms with Gasteiger partial charge in [0.25, 0.3) is 0 Å². The number of hydrogen-bond acceptors (Lipinski definition) is 2. The summed E-state index contributed by atoms with van der Waals surface area (Å²) in [5.74, 6) is 0.209. The standard InChI is InChI=1S/C11H13FN2.C2H6/c1-7(2)10-8-4-3-5-9(12)11(8)14-6-13-10;1-2/h4,6-7H,3,5H2,1-2H3;1-2H3. The van der Waals surface area contributed by atoms with Gasteiger partial charge in [0.05, 0.1) is 5.69 Å². The van der Waals surface area contributed by atoms with Crippen LogP contribution in [0.1, 0.15) is 52.1 Å². The number of nitrogens with zero attached hydrogens (tertiary/aromatic N) is 2. The lowest BCUT2D eigenvalue weighted by Gasteiger charge is -2.08. The van der Waals surface area contributed by atoms with E-state index in [1.54, 1.807) is 0 Å². The van der Waals surface area contributed by atoms with Crippen molar-refractivity contribution < 1.29 is 4.39 Å². The van der Waals surface area contributed by atoms with E-state index in [4.69, 9.17) is 0 Å². The van der Waals surface area contributed by atoms with Crippen LogP contribution in [0.5, 0.6) is 0 Å². The minimum absolute atomic E-state index is 0.105. The summed E-state index contributed by atoms with van der Waals surface area (Å²) in [5.41, 5.74) is 0.949. The molecule has 1 aliphatic carbocycles. The molecule has 0 spiro atoms. The predicted octanol–water partition coefficient (Wildman–Crippen LogP) is 2.28. The minimum atomic E-state index is -0.105. The zero-order valence-electron chi connectivity index (χ0n) is 10.4. The van der Waals surface area contributed by atoms with E-state index < -0.39 is 0 Å². The molecule has 0 amide bonds. The Kier molecular flexibility index (Phi) is 4.59. The van der Waals surface area contributed by atoms with Crippen LogP contribution >= 0.6 is 0 Å². The van der Waals surface area contributed by atoms with Crippen molar-refractivity contribution in [2.75, 3.05) is 0 Å². The molecular weight excluding hydrogens is 203 g/mol. The molecule has 0 N–H and O–H groups in total. The molecule has 3 heteroatoms. The molecule has 1 aromatic rings. The fourth-order valence-corrected chi connectivity index (χ4v) is 1.75. The Hall–Kier alpha value is -1.25. The van der Waals surface area contributed by atoms with Gasteiger partial charge >= 0.3 is 0 Å². The second-order valence-corrected chi connectivity index (χ2v) is 3.82. The summed E-state index contributed by atoms with van der Waals surface area (Å²) in [7, 11) is 0. The van der Waals surface area contributed by atoms with Crippen LogP contribution in [0.2, 0.25) is 0 Å². The Labute approximate surface area is 95.9 Å². The van der Waals surface area contributed by atoms with Crippen molar-refractivity contribution >= 4 is 11.9 Å². The largest absolute Gasteiger partial charge is 0.240 e. The highest BCUT2D eigenvalue weighted by atomic mass is 19.1. The Bertz CT molecular complexity index is 463. The maximum atomic E-state index is 13.4. The highest BCUT2D eigenvalue weighted by Gasteiger charge is 2.10. The molecular formula is C13H19FN2. The Balaban J connectivity index is 0.000000606. The zero-order chi connectivity index (χ0) is 12.1. The highest BCUT2D eigenvalue weighted by Crippen LogP contribution is 2.10. The smallest absolute Gasteiger partial charge is 0.127 e. The van der Waals surface area contributed by atoms with E-state index >= 15 is 0 Å². The average Bonchev–Trinajstić information content (AvgIpc) is 2.31. The third kappa shape index (κ3) is 2.46. The summed E-state index contributed by atoms with van der Waals surface area (Å²) in [6.07, 6.45) is 4.72. The first-order chi connectivity index (χ1) is 7.70. The highest BCUT2D eigenvalue weighted by molar-refractivity contribution is 5.43. The molecule has 0 bridgehead atoms. The molecule has 88 valence electrons. The fraction of sp³-hybridized carbons (Fsp3) is 0.538. The van der Waals surface area contributed by atoms with Gasteiger partial charge in [0.2, 0.25) is 0 Å². The fourth-order valence-electron chi connectivity index (χ4n) is 1.75. The van der Waals surface area contributed by atoms with E-state index in [1.165, 1.54) is 6.33 Å². The summed E-state index contributed by atoms with van der Waals surface area (Å²) >= 11 is 0. The lowest BCUT2D eigenvalue weighted by Crippen LogP contribution is -2.36. The van der Waals surface area contributed by atoms with Crippen LogP contribution in [0.3, 0.4) is 0 Å². The van der Waals surface area contributed by atoms with E-state index in [9.17, 15) is 4.39 Å². The Morgan fingerprint density at radius 3 is 2.56 bits per heavy atom. The van der Waals surface area contributed by atoms with Gasteiger partial charge in [-0.3, -0.25) is 0 Å². The van der Waals surface area contributed by atoms with Gasteiger partial charge in [-0.2, -0.15) is 0 Å². The van der Waals surface area contributed by atoms with Crippen LogP contribution in [0.25, 0.3) is 11.9 Å². The SMILES string of the molecule is CC.CC(C)c1ncnc2c1=CCCC=2F. The average molecular weight is 222 g/mol. The van der Waals surface area contributed by atoms with Crippen molar-refractivity contribution in [1.29, 1.82) is 0 Å². The third-order valence-electron chi connectivity index (χ3n) is 2.43. The number of aromatic nitrogens is 2. The molecule has 0 aliphatic heterocycles. The molecule has 1 aromatic heterocycles. The van der Waals surface area contributed by atoms with Gasteiger partial charge in [-0.1, -0.05) is 33.8 Å². The van der Waals surface area contributed by atoms with Crippen LogP contribution < -0.4 is 10.6 Å². The Morgan fingerprint density at radius 2 is 1.94 bits per heavy atom. The first-order valence-electron chi connectivity index (χ1n) is 5.90. The van der Waals surface area contributed by atoms with Crippen LogP contribution in [-0.4, -0.2) is 9.97 Å². The second-order valence-electron chi connectivity index (χ2n) is 3.82. The summed E-state index contributed by atoms with van der Waals surface area (Å²) in [6, 6.07) is 0.